The summed E-state index contributed by atoms with van der Waals surface area (Å²) in [5.74, 6) is 0.861. The molecule has 3 rings (SSSR count). The molecule has 4 nitrogen and oxygen atoms in total. The first-order valence-electron chi connectivity index (χ1n) is 8.40. The summed E-state index contributed by atoms with van der Waals surface area (Å²) in [5, 5.41) is 0. The number of fused-ring (bicyclic) bond motifs is 1. The van der Waals surface area contributed by atoms with Crippen LogP contribution in [0.25, 0.3) is 0 Å². The quantitative estimate of drug-likeness (QED) is 0.774. The highest BCUT2D eigenvalue weighted by Gasteiger charge is 2.32. The van der Waals surface area contributed by atoms with Crippen LogP contribution in [-0.2, 0) is 12.8 Å². The number of H-pyrrole nitrogens is 1. The third-order valence-corrected chi connectivity index (χ3v) is 5.12. The highest BCUT2D eigenvalue weighted by atomic mass is 79.9. The third kappa shape index (κ3) is 3.71. The molecular formula is C20H22BrNO3. The van der Waals surface area contributed by atoms with Gasteiger partial charge in [-0.15, -0.1) is 0 Å². The summed E-state index contributed by atoms with van der Waals surface area (Å²) in [7, 11) is 0. The summed E-state index contributed by atoms with van der Waals surface area (Å²) in [6.45, 7) is 7.84. The van der Waals surface area contributed by atoms with Gasteiger partial charge in [0.2, 0.25) is 0 Å². The first-order valence-corrected chi connectivity index (χ1v) is 9.19. The maximum atomic E-state index is 12.6. The zero-order valence-electron chi connectivity index (χ0n) is 15.0. The summed E-state index contributed by atoms with van der Waals surface area (Å²) in [4.78, 5) is 27.5. The minimum Gasteiger partial charge on any atom is -0.486 e. The van der Waals surface area contributed by atoms with Gasteiger partial charge >= 0.3 is 0 Å². The van der Waals surface area contributed by atoms with Crippen LogP contribution in [0, 0.1) is 13.8 Å². The molecule has 1 aliphatic heterocycles. The summed E-state index contributed by atoms with van der Waals surface area (Å²) in [6.07, 6.45) is 1.53. The van der Waals surface area contributed by atoms with Crippen molar-refractivity contribution in [2.75, 3.05) is 0 Å². The van der Waals surface area contributed by atoms with Crippen molar-refractivity contribution in [3.8, 4) is 5.75 Å². The molecule has 5 heteroatoms. The Hall–Kier alpha value is -1.88. The molecule has 0 atom stereocenters. The maximum absolute atomic E-state index is 12.6. The van der Waals surface area contributed by atoms with Crippen LogP contribution in [0.3, 0.4) is 0 Å². The molecule has 0 fully saturated rings. The van der Waals surface area contributed by atoms with E-state index in [9.17, 15) is 9.59 Å². The number of carbonyl (C=O) groups is 1. The van der Waals surface area contributed by atoms with Gasteiger partial charge in [0.15, 0.2) is 5.78 Å². The predicted molar refractivity (Wildman–Crippen MR) is 102 cm³/mol. The second-order valence-corrected chi connectivity index (χ2v) is 8.21. The van der Waals surface area contributed by atoms with Crippen molar-refractivity contribution in [1.82, 2.24) is 4.98 Å². The molecule has 2 aromatic rings. The second kappa shape index (κ2) is 6.45. The van der Waals surface area contributed by atoms with E-state index in [-0.39, 0.29) is 16.9 Å². The smallest absolute Gasteiger partial charge is 0.251 e. The Bertz CT molecular complexity index is 912. The number of hydrogen-bond acceptors (Lipinski definition) is 3. The molecule has 132 valence electrons. The zero-order chi connectivity index (χ0) is 18.4. The van der Waals surface area contributed by atoms with Crippen molar-refractivity contribution in [3.63, 3.8) is 0 Å². The van der Waals surface area contributed by atoms with Crippen LogP contribution in [-0.4, -0.2) is 16.4 Å². The van der Waals surface area contributed by atoms with Gasteiger partial charge in [0, 0.05) is 29.7 Å². The Labute approximate surface area is 155 Å². The van der Waals surface area contributed by atoms with Crippen molar-refractivity contribution in [2.24, 2.45) is 0 Å². The van der Waals surface area contributed by atoms with Gasteiger partial charge in [-0.2, -0.15) is 0 Å². The first-order chi connectivity index (χ1) is 11.7. The molecule has 1 aromatic carbocycles. The lowest BCUT2D eigenvalue weighted by atomic mass is 9.96. The lowest BCUT2D eigenvalue weighted by Gasteiger charge is -2.17. The number of rotatable bonds is 4. The molecule has 1 N–H and O–H groups in total. The number of aryl methyl sites for hydroxylation is 2. The number of nitrogens with one attached hydrogen (secondary N) is 1. The average molecular weight is 404 g/mol. The molecule has 0 unspecified atom stereocenters. The monoisotopic (exact) mass is 403 g/mol. The number of Topliss-reactive ketones (excluding diaryl/α,β-unsaturated/α-hetero) is 1. The Morgan fingerprint density at radius 2 is 2.00 bits per heavy atom. The Balaban J connectivity index is 1.80. The van der Waals surface area contributed by atoms with Gasteiger partial charge in [-0.3, -0.25) is 9.59 Å². The van der Waals surface area contributed by atoms with E-state index in [0.717, 1.165) is 33.5 Å². The molecule has 0 amide bonds. The van der Waals surface area contributed by atoms with E-state index in [1.165, 1.54) is 0 Å². The number of ketones is 1. The number of aromatic nitrogens is 1. The fourth-order valence-electron chi connectivity index (χ4n) is 3.40. The molecule has 2 heterocycles. The van der Waals surface area contributed by atoms with Crippen LogP contribution in [0.4, 0.5) is 0 Å². The van der Waals surface area contributed by atoms with Crippen LogP contribution in [0.5, 0.6) is 5.75 Å². The third-order valence-electron chi connectivity index (χ3n) is 4.53. The number of hydrogen-bond donors (Lipinski definition) is 1. The highest BCUT2D eigenvalue weighted by molar-refractivity contribution is 9.10. The average Bonchev–Trinajstić information content (AvgIpc) is 2.80. The van der Waals surface area contributed by atoms with Crippen molar-refractivity contribution in [2.45, 2.75) is 52.6 Å². The fraction of sp³-hybridized carbons (Fsp3) is 0.400. The number of benzene rings is 1. The van der Waals surface area contributed by atoms with Gasteiger partial charge in [0.25, 0.3) is 5.56 Å². The standard InChI is InChI=1S/C20H22BrNO3/c1-11-7-12(2)22-19(24)15(11)5-6-17(23)13-8-14-10-20(3,4)25-18(14)16(21)9-13/h7-9H,5-6,10H2,1-4H3,(H,22,24). The normalized spacial score (nSPS) is 14.9. The minimum absolute atomic E-state index is 0.0348. The minimum atomic E-state index is -0.251. The van der Waals surface area contributed by atoms with Gasteiger partial charge in [-0.25, -0.2) is 0 Å². The summed E-state index contributed by atoms with van der Waals surface area (Å²) in [6, 6.07) is 5.67. The molecule has 0 saturated heterocycles. The van der Waals surface area contributed by atoms with Crippen LogP contribution in [0.15, 0.2) is 27.5 Å². The van der Waals surface area contributed by atoms with Crippen LogP contribution in [0.2, 0.25) is 0 Å². The van der Waals surface area contributed by atoms with Crippen molar-refractivity contribution >= 4 is 21.7 Å². The summed E-state index contributed by atoms with van der Waals surface area (Å²) >= 11 is 3.51. The van der Waals surface area contributed by atoms with E-state index >= 15 is 0 Å². The number of pyridine rings is 1. The number of aromatic amines is 1. The number of ether oxygens (including phenoxy) is 1. The van der Waals surface area contributed by atoms with Crippen LogP contribution >= 0.6 is 15.9 Å². The lowest BCUT2D eigenvalue weighted by molar-refractivity contribution is 0.0982. The molecule has 25 heavy (non-hydrogen) atoms. The lowest BCUT2D eigenvalue weighted by Crippen LogP contribution is -2.24. The van der Waals surface area contributed by atoms with Crippen molar-refractivity contribution < 1.29 is 9.53 Å². The Morgan fingerprint density at radius 3 is 2.68 bits per heavy atom. The largest absolute Gasteiger partial charge is 0.486 e. The Kier molecular flexibility index (Phi) is 4.62. The van der Waals surface area contributed by atoms with Crippen molar-refractivity contribution in [3.05, 3.63) is 61.0 Å². The van der Waals surface area contributed by atoms with E-state index in [1.54, 1.807) is 0 Å². The SMILES string of the molecule is Cc1cc(C)c(CCC(=O)c2cc(Br)c3c(c2)CC(C)(C)O3)c(=O)[nH]1. The van der Waals surface area contributed by atoms with Gasteiger partial charge in [-0.05, 0) is 79.4 Å². The molecule has 0 bridgehead atoms. The molecule has 0 aliphatic carbocycles. The highest BCUT2D eigenvalue weighted by Crippen LogP contribution is 2.41. The first kappa shape index (κ1) is 17.9. The molecule has 1 aromatic heterocycles. The maximum Gasteiger partial charge on any atom is 0.251 e. The molecule has 0 spiro atoms. The van der Waals surface area contributed by atoms with Crippen LogP contribution in [0.1, 0.15) is 53.0 Å². The topological polar surface area (TPSA) is 59.2 Å². The summed E-state index contributed by atoms with van der Waals surface area (Å²) < 4.78 is 6.74. The van der Waals surface area contributed by atoms with E-state index in [4.69, 9.17) is 4.74 Å². The van der Waals surface area contributed by atoms with Crippen molar-refractivity contribution in [1.29, 1.82) is 0 Å². The molecule has 1 aliphatic rings. The predicted octanol–water partition coefficient (Wildman–Crippen LogP) is 4.28. The number of carbonyl (C=O) groups excluding carboxylic acids is 1. The zero-order valence-corrected chi connectivity index (χ0v) is 16.5. The summed E-state index contributed by atoms with van der Waals surface area (Å²) in [5.41, 5.74) is 3.81. The van der Waals surface area contributed by atoms with Gasteiger partial charge in [-0.1, -0.05) is 0 Å². The van der Waals surface area contributed by atoms with Crippen LogP contribution < -0.4 is 10.3 Å². The Morgan fingerprint density at radius 1 is 1.28 bits per heavy atom. The second-order valence-electron chi connectivity index (χ2n) is 7.35. The van der Waals surface area contributed by atoms with E-state index in [0.29, 0.717) is 24.0 Å². The fourth-order valence-corrected chi connectivity index (χ4v) is 3.99. The molecule has 0 saturated carbocycles. The molecular weight excluding hydrogens is 382 g/mol. The van der Waals surface area contributed by atoms with Gasteiger partial charge < -0.3 is 9.72 Å². The molecule has 0 radical (unpaired) electrons. The van der Waals surface area contributed by atoms with Gasteiger partial charge in [0.05, 0.1) is 4.47 Å². The van der Waals surface area contributed by atoms with E-state index in [2.05, 4.69) is 20.9 Å². The van der Waals surface area contributed by atoms with E-state index in [1.807, 2.05) is 45.9 Å². The van der Waals surface area contributed by atoms with E-state index < -0.39 is 0 Å². The van der Waals surface area contributed by atoms with Gasteiger partial charge in [0.1, 0.15) is 11.4 Å². The number of halogens is 1.